The van der Waals surface area contributed by atoms with Crippen molar-refractivity contribution in [3.63, 3.8) is 0 Å². The number of hydrogen-bond acceptors (Lipinski definition) is 6. The van der Waals surface area contributed by atoms with Crippen LogP contribution in [0.4, 0.5) is 11.6 Å². The van der Waals surface area contributed by atoms with Gasteiger partial charge in [0.15, 0.2) is 0 Å². The second-order valence-electron chi connectivity index (χ2n) is 5.41. The Hall–Kier alpha value is -2.84. The number of anilines is 1. The molecule has 1 saturated heterocycles. The number of nitro groups is 1. The predicted octanol–water partition coefficient (Wildman–Crippen LogP) is 1.21. The van der Waals surface area contributed by atoms with Crippen molar-refractivity contribution in [3.05, 3.63) is 40.6 Å². The van der Waals surface area contributed by atoms with E-state index in [1.807, 2.05) is 0 Å². The fourth-order valence-corrected chi connectivity index (χ4v) is 2.87. The molecule has 1 N–H and O–H groups in total. The van der Waals surface area contributed by atoms with Crippen LogP contribution in [0.5, 0.6) is 0 Å². The van der Waals surface area contributed by atoms with E-state index in [1.165, 1.54) is 6.33 Å². The molecule has 0 aromatic carbocycles. The van der Waals surface area contributed by atoms with Crippen LogP contribution in [-0.2, 0) is 18.4 Å². The van der Waals surface area contributed by atoms with Gasteiger partial charge in [-0.05, 0) is 34.9 Å². The van der Waals surface area contributed by atoms with Crippen LogP contribution in [0.2, 0.25) is 0 Å². The lowest BCUT2D eigenvalue weighted by molar-refractivity contribution is -0.388. The third-order valence-corrected chi connectivity index (χ3v) is 3.90. The molecule has 0 bridgehead atoms. The molecule has 2 aromatic heterocycles. The number of nitrogens with zero attached hydrogens (tertiary/aromatic N) is 4. The van der Waals surface area contributed by atoms with Crippen LogP contribution >= 0.6 is 0 Å². The van der Waals surface area contributed by atoms with Crippen molar-refractivity contribution in [1.82, 2.24) is 14.9 Å². The normalized spacial score (nSPS) is 17.4. The average Bonchev–Trinajstić information content (AvgIpc) is 3.24. The Morgan fingerprint density at radius 1 is 1.61 bits per heavy atom. The molecule has 0 saturated carbocycles. The highest BCUT2D eigenvalue weighted by Crippen LogP contribution is 2.32. The van der Waals surface area contributed by atoms with Crippen LogP contribution < -0.4 is 10.2 Å². The Morgan fingerprint density at radius 3 is 3.13 bits per heavy atom. The lowest BCUT2D eigenvalue weighted by Gasteiger charge is -2.24. The molecule has 1 fully saturated rings. The van der Waals surface area contributed by atoms with E-state index in [-0.39, 0.29) is 11.7 Å². The second-order valence-corrected chi connectivity index (χ2v) is 5.41. The summed E-state index contributed by atoms with van der Waals surface area (Å²) in [6.45, 7) is 0.878. The Labute approximate surface area is 132 Å². The van der Waals surface area contributed by atoms with E-state index in [4.69, 9.17) is 4.42 Å². The average molecular weight is 319 g/mol. The molecule has 1 aliphatic rings. The van der Waals surface area contributed by atoms with Gasteiger partial charge in [-0.15, -0.1) is 0 Å². The fraction of sp³-hybridized carbons (Fsp3) is 0.429. The molecule has 23 heavy (non-hydrogen) atoms. The summed E-state index contributed by atoms with van der Waals surface area (Å²) in [5.74, 6) is 0.632. The molecule has 3 heterocycles. The zero-order valence-corrected chi connectivity index (χ0v) is 12.6. The van der Waals surface area contributed by atoms with Gasteiger partial charge in [-0.1, -0.05) is 0 Å². The highest BCUT2D eigenvalue weighted by atomic mass is 16.6. The van der Waals surface area contributed by atoms with Crippen molar-refractivity contribution < 1.29 is 14.1 Å². The van der Waals surface area contributed by atoms with Gasteiger partial charge in [-0.2, -0.15) is 0 Å². The second kappa shape index (κ2) is 6.11. The molecular weight excluding hydrogens is 302 g/mol. The van der Waals surface area contributed by atoms with Crippen molar-refractivity contribution in [1.29, 1.82) is 0 Å². The monoisotopic (exact) mass is 319 g/mol. The lowest BCUT2D eigenvalue weighted by Crippen LogP contribution is -2.43. The van der Waals surface area contributed by atoms with Gasteiger partial charge in [-0.3, -0.25) is 9.36 Å². The predicted molar refractivity (Wildman–Crippen MR) is 80.8 cm³/mol. The van der Waals surface area contributed by atoms with E-state index in [9.17, 15) is 14.9 Å². The van der Waals surface area contributed by atoms with Crippen molar-refractivity contribution >= 4 is 17.5 Å². The maximum absolute atomic E-state index is 12.4. The zero-order chi connectivity index (χ0) is 16.4. The molecule has 0 radical (unpaired) electrons. The van der Waals surface area contributed by atoms with E-state index in [2.05, 4.69) is 10.3 Å². The standard InChI is InChI=1S/C14H17N5O4/c1-17-9-16-12(19(21)22)14(17)18-6-2-5-11(18)13(20)15-8-10-4-3-7-23-10/h3-4,7,9,11H,2,5-6,8H2,1H3,(H,15,20). The van der Waals surface area contributed by atoms with Crippen molar-refractivity contribution in [2.24, 2.45) is 7.05 Å². The van der Waals surface area contributed by atoms with Crippen LogP contribution in [0.3, 0.4) is 0 Å². The van der Waals surface area contributed by atoms with Gasteiger partial charge in [0.05, 0.1) is 12.8 Å². The van der Waals surface area contributed by atoms with Gasteiger partial charge in [0, 0.05) is 13.6 Å². The summed E-state index contributed by atoms with van der Waals surface area (Å²) in [7, 11) is 1.69. The molecular formula is C14H17N5O4. The molecule has 1 amide bonds. The van der Waals surface area contributed by atoms with E-state index >= 15 is 0 Å². The molecule has 0 spiro atoms. The van der Waals surface area contributed by atoms with E-state index in [0.717, 1.165) is 6.42 Å². The molecule has 9 nitrogen and oxygen atoms in total. The molecule has 2 aromatic rings. The number of aromatic nitrogens is 2. The van der Waals surface area contributed by atoms with Gasteiger partial charge < -0.3 is 24.7 Å². The molecule has 9 heteroatoms. The molecule has 1 unspecified atom stereocenters. The summed E-state index contributed by atoms with van der Waals surface area (Å²) < 4.78 is 6.76. The molecule has 1 atom stereocenters. The van der Waals surface area contributed by atoms with Crippen LogP contribution in [0.1, 0.15) is 18.6 Å². The number of rotatable bonds is 5. The maximum atomic E-state index is 12.4. The van der Waals surface area contributed by atoms with Gasteiger partial charge in [0.1, 0.15) is 11.8 Å². The fourth-order valence-electron chi connectivity index (χ4n) is 2.87. The number of aryl methyl sites for hydroxylation is 1. The molecule has 0 aliphatic carbocycles. The quantitative estimate of drug-likeness (QED) is 0.655. The molecule has 1 aliphatic heterocycles. The lowest BCUT2D eigenvalue weighted by atomic mass is 10.2. The first-order valence-corrected chi connectivity index (χ1v) is 7.30. The van der Waals surface area contributed by atoms with Gasteiger partial charge in [0.2, 0.25) is 18.1 Å². The Balaban J connectivity index is 1.76. The van der Waals surface area contributed by atoms with Gasteiger partial charge in [-0.25, -0.2) is 0 Å². The van der Waals surface area contributed by atoms with Crippen molar-refractivity contribution in [2.45, 2.75) is 25.4 Å². The summed E-state index contributed by atoms with van der Waals surface area (Å²) in [5, 5.41) is 14.0. The first-order chi connectivity index (χ1) is 11.1. The maximum Gasteiger partial charge on any atom is 0.406 e. The Kier molecular flexibility index (Phi) is 4.00. The van der Waals surface area contributed by atoms with Gasteiger partial charge in [0.25, 0.3) is 0 Å². The van der Waals surface area contributed by atoms with Crippen LogP contribution in [0, 0.1) is 10.1 Å². The smallest absolute Gasteiger partial charge is 0.406 e. The van der Waals surface area contributed by atoms with E-state index < -0.39 is 11.0 Å². The van der Waals surface area contributed by atoms with Crippen molar-refractivity contribution in [2.75, 3.05) is 11.4 Å². The third-order valence-electron chi connectivity index (χ3n) is 3.90. The summed E-state index contributed by atoms with van der Waals surface area (Å²) in [6.07, 6.45) is 4.37. The summed E-state index contributed by atoms with van der Waals surface area (Å²) in [6, 6.07) is 3.08. The van der Waals surface area contributed by atoms with E-state index in [1.54, 1.807) is 34.9 Å². The number of furan rings is 1. The van der Waals surface area contributed by atoms with Gasteiger partial charge >= 0.3 is 5.82 Å². The minimum Gasteiger partial charge on any atom is -0.467 e. The van der Waals surface area contributed by atoms with Crippen LogP contribution in [-0.4, -0.2) is 33.0 Å². The number of carbonyl (C=O) groups is 1. The van der Waals surface area contributed by atoms with Crippen LogP contribution in [0.15, 0.2) is 29.1 Å². The summed E-state index contributed by atoms with van der Waals surface area (Å²) in [5.41, 5.74) is 0. The first kappa shape index (κ1) is 15.1. The van der Waals surface area contributed by atoms with Crippen LogP contribution in [0.25, 0.3) is 0 Å². The Morgan fingerprint density at radius 2 is 2.43 bits per heavy atom. The van der Waals surface area contributed by atoms with Crippen molar-refractivity contribution in [3.8, 4) is 0 Å². The molecule has 122 valence electrons. The third kappa shape index (κ3) is 2.89. The number of imidazole rings is 1. The topological polar surface area (TPSA) is 106 Å². The minimum absolute atomic E-state index is 0.172. The molecule has 3 rings (SSSR count). The number of amides is 1. The SMILES string of the molecule is Cn1cnc([N+](=O)[O-])c1N1CCCC1C(=O)NCc1ccco1. The minimum atomic E-state index is -0.522. The largest absolute Gasteiger partial charge is 0.467 e. The summed E-state index contributed by atoms with van der Waals surface area (Å²) >= 11 is 0. The first-order valence-electron chi connectivity index (χ1n) is 7.30. The zero-order valence-electron chi connectivity index (χ0n) is 12.6. The summed E-state index contributed by atoms with van der Waals surface area (Å²) in [4.78, 5) is 28.6. The van der Waals surface area contributed by atoms with E-state index in [0.29, 0.717) is 31.1 Å². The highest BCUT2D eigenvalue weighted by Gasteiger charge is 2.37. The number of carbonyl (C=O) groups excluding carboxylic acids is 1. The number of hydrogen-bond donors (Lipinski definition) is 1. The highest BCUT2D eigenvalue weighted by molar-refractivity contribution is 5.86. The number of nitrogens with one attached hydrogen (secondary N) is 1. The Bertz CT molecular complexity index is 709.